The van der Waals surface area contributed by atoms with Gasteiger partial charge in [-0.15, -0.1) is 0 Å². The van der Waals surface area contributed by atoms with Crippen LogP contribution in [0, 0.1) is 0 Å². The highest BCUT2D eigenvalue weighted by molar-refractivity contribution is 6.35. The van der Waals surface area contributed by atoms with E-state index in [-0.39, 0.29) is 29.8 Å². The number of carbonyl (C=O) groups excluding carboxylic acids is 2. The van der Waals surface area contributed by atoms with Gasteiger partial charge in [-0.1, -0.05) is 30.3 Å². The summed E-state index contributed by atoms with van der Waals surface area (Å²) < 4.78 is 12.8. The fraction of sp³-hybridized carbons (Fsp3) is 0.333. The lowest BCUT2D eigenvalue weighted by molar-refractivity contribution is -0.114. The molecule has 0 bridgehead atoms. The number of hydrogen-bond acceptors (Lipinski definition) is 10. The number of para-hydroxylation sites is 1. The molecule has 0 aliphatic heterocycles. The molecule has 2 aromatic carbocycles. The summed E-state index contributed by atoms with van der Waals surface area (Å²) in [6.45, 7) is 8.74. The number of allylic oxidation sites excluding steroid dienone is 1. The molecule has 0 radical (unpaired) electrons. The van der Waals surface area contributed by atoms with Gasteiger partial charge in [-0.05, 0) is 51.7 Å². The summed E-state index contributed by atoms with van der Waals surface area (Å²) in [4.78, 5) is 44.7. The first kappa shape index (κ1) is 33.3. The maximum absolute atomic E-state index is 13.2. The maximum Gasteiger partial charge on any atom is 0.342 e. The number of ketones is 1. The van der Waals surface area contributed by atoms with Crippen LogP contribution in [0.25, 0.3) is 22.2 Å². The van der Waals surface area contributed by atoms with Gasteiger partial charge in [-0.25, -0.2) is 14.8 Å². The Morgan fingerprint density at radius 2 is 1.91 bits per heavy atom. The minimum absolute atomic E-state index is 0.117. The van der Waals surface area contributed by atoms with Crippen molar-refractivity contribution in [2.24, 2.45) is 0 Å². The monoisotopic (exact) mass is 634 g/mol. The minimum Gasteiger partial charge on any atom is -0.494 e. The van der Waals surface area contributed by atoms with E-state index in [9.17, 15) is 9.59 Å². The second-order valence-corrected chi connectivity index (χ2v) is 11.4. The number of benzene rings is 2. The number of ether oxygens (including phenoxy) is 2. The molecule has 0 unspecified atom stereocenters. The Labute approximate surface area is 268 Å². The van der Waals surface area contributed by atoms with Gasteiger partial charge in [0, 0.05) is 55.5 Å². The molecule has 238 valence electrons. The molecule has 4 aromatic rings. The molecule has 0 saturated heterocycles. The molecular weight excluding hydrogens is 596 g/mol. The number of anilines is 3. The van der Waals surface area contributed by atoms with E-state index in [4.69, 9.17) is 30.9 Å². The van der Waals surface area contributed by atoms with Crippen LogP contribution in [0.1, 0.15) is 29.8 Å². The molecule has 0 aliphatic carbocycles. The third-order valence-electron chi connectivity index (χ3n) is 7.08. The number of aromatic nitrogens is 3. The van der Waals surface area contributed by atoms with Gasteiger partial charge in [0.25, 0.3) is 0 Å². The number of nitrogens with zero attached hydrogens (tertiary/aromatic N) is 5. The molecule has 45 heavy (non-hydrogen) atoms. The number of fused-ring (bicyclic) bond motifs is 1. The smallest absolute Gasteiger partial charge is 0.342 e. The fourth-order valence-corrected chi connectivity index (χ4v) is 5.10. The summed E-state index contributed by atoms with van der Waals surface area (Å²) >= 11 is 6.53. The van der Waals surface area contributed by atoms with Crippen LogP contribution >= 0.6 is 11.6 Å². The van der Waals surface area contributed by atoms with Gasteiger partial charge < -0.3 is 29.4 Å². The lowest BCUT2D eigenvalue weighted by Crippen LogP contribution is -2.29. The molecule has 0 fully saturated rings. The summed E-state index contributed by atoms with van der Waals surface area (Å²) in [7, 11) is 9.08. The van der Waals surface area contributed by atoms with E-state index in [2.05, 4.69) is 26.7 Å². The summed E-state index contributed by atoms with van der Waals surface area (Å²) in [6, 6.07) is 9.17. The molecule has 0 aliphatic rings. The predicted molar refractivity (Wildman–Crippen MR) is 178 cm³/mol. The van der Waals surface area contributed by atoms with E-state index in [0.29, 0.717) is 33.2 Å². The Morgan fingerprint density at radius 3 is 2.56 bits per heavy atom. The van der Waals surface area contributed by atoms with Crippen LogP contribution in [0.15, 0.2) is 55.4 Å². The van der Waals surface area contributed by atoms with Crippen LogP contribution in [0.4, 0.5) is 17.3 Å². The van der Waals surface area contributed by atoms with Crippen molar-refractivity contribution in [2.45, 2.75) is 26.4 Å². The largest absolute Gasteiger partial charge is 0.494 e. The summed E-state index contributed by atoms with van der Waals surface area (Å²) in [6.07, 6.45) is 4.25. The topological polar surface area (TPSA) is 111 Å². The Hall–Kier alpha value is -4.61. The number of likely N-dealkylation sites (N-methyl/N-ethyl adjacent to an activating group) is 2. The van der Waals surface area contributed by atoms with E-state index < -0.39 is 5.97 Å². The number of hydrogen-bond donors (Lipinski definition) is 1. The number of methoxy groups -OCH3 is 1. The van der Waals surface area contributed by atoms with Crippen LogP contribution in [-0.4, -0.2) is 85.9 Å². The molecular formula is C33H39ClN6O5. The molecule has 0 saturated carbocycles. The van der Waals surface area contributed by atoms with Gasteiger partial charge in [-0.3, -0.25) is 4.79 Å². The molecule has 12 heteroatoms. The van der Waals surface area contributed by atoms with E-state index >= 15 is 0 Å². The zero-order chi connectivity index (χ0) is 32.8. The quantitative estimate of drug-likeness (QED) is 0.143. The zero-order valence-electron chi connectivity index (χ0n) is 26.7. The van der Waals surface area contributed by atoms with Crippen molar-refractivity contribution < 1.29 is 23.9 Å². The van der Waals surface area contributed by atoms with Gasteiger partial charge in [0.05, 0.1) is 35.8 Å². The number of carbonyl (C=O) groups is 2. The average molecular weight is 635 g/mol. The molecule has 1 N–H and O–H groups in total. The Kier molecular flexibility index (Phi) is 10.7. The van der Waals surface area contributed by atoms with Gasteiger partial charge >= 0.3 is 5.97 Å². The van der Waals surface area contributed by atoms with Crippen molar-refractivity contribution >= 4 is 51.6 Å². The lowest BCUT2D eigenvalue weighted by Gasteiger charge is -2.26. The summed E-state index contributed by atoms with van der Waals surface area (Å²) in [5.41, 5.74) is 3.89. The molecule has 11 nitrogen and oxygen atoms in total. The maximum atomic E-state index is 13.2. The minimum atomic E-state index is -0.570. The molecule has 4 rings (SSSR count). The third-order valence-corrected chi connectivity index (χ3v) is 7.39. The third kappa shape index (κ3) is 7.55. The van der Waals surface area contributed by atoms with Crippen molar-refractivity contribution in [3.05, 3.63) is 71.5 Å². The van der Waals surface area contributed by atoms with Crippen LogP contribution in [0.3, 0.4) is 0 Å². The Bertz CT molecular complexity index is 1720. The van der Waals surface area contributed by atoms with Crippen LogP contribution in [0.5, 0.6) is 5.75 Å². The van der Waals surface area contributed by atoms with Crippen molar-refractivity contribution in [1.82, 2.24) is 19.6 Å². The van der Waals surface area contributed by atoms with Gasteiger partial charge in [0.2, 0.25) is 5.95 Å². The van der Waals surface area contributed by atoms with Crippen LogP contribution < -0.4 is 19.8 Å². The zero-order valence-corrected chi connectivity index (χ0v) is 27.4. The van der Waals surface area contributed by atoms with Crippen LogP contribution in [-0.2, 0) is 16.0 Å². The normalized spacial score (nSPS) is 11.2. The standard InChI is InChI=1S/C33H39ClN6O5/c1-9-22(41)15-21-16-27(29(43-7)17-28(21)39(6)14-13-38(4)5)36-33-35-18-24(32(42)45-20(2)3)30(37-33)25-19-40(44-8)31-23(25)11-10-12-26(31)34/h9-12,16-20H,1,13-15H2,2-8H3,(H,35,36,37). The first-order valence-corrected chi connectivity index (χ1v) is 14.8. The van der Waals surface area contributed by atoms with Gasteiger partial charge in [0.1, 0.15) is 23.9 Å². The first-order valence-electron chi connectivity index (χ1n) is 14.4. The van der Waals surface area contributed by atoms with E-state index in [1.807, 2.05) is 45.4 Å². The molecule has 0 spiro atoms. The highest BCUT2D eigenvalue weighted by atomic mass is 35.5. The highest BCUT2D eigenvalue weighted by Crippen LogP contribution is 2.38. The molecule has 2 aromatic heterocycles. The van der Waals surface area contributed by atoms with Crippen molar-refractivity contribution in [2.75, 3.05) is 58.7 Å². The number of nitrogens with one attached hydrogen (secondary N) is 1. The van der Waals surface area contributed by atoms with Crippen molar-refractivity contribution in [1.29, 1.82) is 0 Å². The Balaban J connectivity index is 1.85. The SMILES string of the molecule is C=CC(=O)Cc1cc(Nc2ncc(C(=O)OC(C)C)c(-c3cn(OC)c4c(Cl)cccc34)n2)c(OC)cc1N(C)CCN(C)C. The van der Waals surface area contributed by atoms with Crippen LogP contribution in [0.2, 0.25) is 5.02 Å². The first-order chi connectivity index (χ1) is 21.5. The fourth-order valence-electron chi connectivity index (χ4n) is 4.84. The predicted octanol–water partition coefficient (Wildman–Crippen LogP) is 5.42. The van der Waals surface area contributed by atoms with E-state index in [1.165, 1.54) is 24.1 Å². The average Bonchev–Trinajstić information content (AvgIpc) is 3.39. The second-order valence-electron chi connectivity index (χ2n) is 11.0. The molecule has 2 heterocycles. The summed E-state index contributed by atoms with van der Waals surface area (Å²) in [5, 5.41) is 4.44. The second kappa shape index (κ2) is 14.4. The van der Waals surface area contributed by atoms with E-state index in [0.717, 1.165) is 29.7 Å². The number of rotatable bonds is 14. The molecule has 0 amide bonds. The molecule has 0 atom stereocenters. The van der Waals surface area contributed by atoms with Crippen molar-refractivity contribution in [3.63, 3.8) is 0 Å². The van der Waals surface area contributed by atoms with Crippen molar-refractivity contribution in [3.8, 4) is 17.0 Å². The van der Waals surface area contributed by atoms with E-state index in [1.54, 1.807) is 33.2 Å². The number of esters is 1. The van der Waals surface area contributed by atoms with Gasteiger partial charge in [0.15, 0.2) is 5.78 Å². The highest BCUT2D eigenvalue weighted by Gasteiger charge is 2.24. The van der Waals surface area contributed by atoms with Gasteiger partial charge in [-0.2, -0.15) is 4.73 Å². The summed E-state index contributed by atoms with van der Waals surface area (Å²) in [5.74, 6) is 0.0279. The Morgan fingerprint density at radius 1 is 1.16 bits per heavy atom. The lowest BCUT2D eigenvalue weighted by atomic mass is 10.0. The number of halogens is 1.